The zero-order chi connectivity index (χ0) is 21.9. The summed E-state index contributed by atoms with van der Waals surface area (Å²) in [6, 6.07) is 0. The SMILES string of the molecule is CC.CC.CNCCCOCCOCCOCCCNC(=O)CCCC(C)=O. The molecule has 7 nitrogen and oxygen atoms in total. The molecule has 170 valence electrons. The van der Waals surface area contributed by atoms with Crippen molar-refractivity contribution in [3.05, 3.63) is 0 Å². The van der Waals surface area contributed by atoms with Crippen molar-refractivity contribution in [3.63, 3.8) is 0 Å². The van der Waals surface area contributed by atoms with Gasteiger partial charge in [-0.1, -0.05) is 27.7 Å². The number of Topliss-reactive ketones (excluding diaryl/α,β-unsaturated/α-hetero) is 1. The van der Waals surface area contributed by atoms with Crippen molar-refractivity contribution in [2.45, 2.75) is 66.7 Å². The Bertz CT molecular complexity index is 315. The van der Waals surface area contributed by atoms with E-state index >= 15 is 0 Å². The minimum atomic E-state index is -0.00528. The summed E-state index contributed by atoms with van der Waals surface area (Å²) in [4.78, 5) is 22.2. The number of nitrogens with one attached hydrogen (secondary N) is 2. The molecule has 0 fully saturated rings. The molecule has 0 unspecified atom stereocenters. The second-order valence-electron chi connectivity index (χ2n) is 5.55. The van der Waals surface area contributed by atoms with Gasteiger partial charge >= 0.3 is 0 Å². The van der Waals surface area contributed by atoms with E-state index in [4.69, 9.17) is 14.2 Å². The molecule has 2 N–H and O–H groups in total. The van der Waals surface area contributed by atoms with Crippen LogP contribution in [0, 0.1) is 0 Å². The van der Waals surface area contributed by atoms with E-state index in [0.29, 0.717) is 58.8 Å². The third-order valence-corrected chi connectivity index (χ3v) is 3.18. The first-order valence-electron chi connectivity index (χ1n) is 10.8. The molecule has 0 heterocycles. The first kappa shape index (κ1) is 31.7. The van der Waals surface area contributed by atoms with E-state index in [1.54, 1.807) is 0 Å². The lowest BCUT2D eigenvalue weighted by Gasteiger charge is -2.07. The average molecular weight is 407 g/mol. The molecule has 0 bridgehead atoms. The van der Waals surface area contributed by atoms with Gasteiger partial charge < -0.3 is 29.6 Å². The summed E-state index contributed by atoms with van der Waals surface area (Å²) in [6.45, 7) is 14.7. The van der Waals surface area contributed by atoms with Gasteiger partial charge in [-0.05, 0) is 39.8 Å². The lowest BCUT2D eigenvalue weighted by atomic mass is 10.2. The van der Waals surface area contributed by atoms with Gasteiger partial charge in [-0.15, -0.1) is 0 Å². The van der Waals surface area contributed by atoms with E-state index in [9.17, 15) is 9.59 Å². The van der Waals surface area contributed by atoms with Gasteiger partial charge in [0.1, 0.15) is 5.78 Å². The Hall–Kier alpha value is -1.02. The quantitative estimate of drug-likeness (QED) is 0.340. The fourth-order valence-corrected chi connectivity index (χ4v) is 1.88. The monoisotopic (exact) mass is 406 g/mol. The Morgan fingerprint density at radius 2 is 1.14 bits per heavy atom. The molecule has 0 saturated heterocycles. The molecular formula is C21H46N2O5. The molecule has 0 spiro atoms. The number of carbonyl (C=O) groups excluding carboxylic acids is 2. The van der Waals surface area contributed by atoms with E-state index in [2.05, 4.69) is 10.6 Å². The van der Waals surface area contributed by atoms with Gasteiger partial charge in [-0.2, -0.15) is 0 Å². The topological polar surface area (TPSA) is 85.9 Å². The molecule has 28 heavy (non-hydrogen) atoms. The van der Waals surface area contributed by atoms with Crippen molar-refractivity contribution < 1.29 is 23.8 Å². The Morgan fingerprint density at radius 3 is 1.61 bits per heavy atom. The minimum Gasteiger partial charge on any atom is -0.379 e. The molecule has 0 rings (SSSR count). The summed E-state index contributed by atoms with van der Waals surface area (Å²) in [5.41, 5.74) is 0. The third-order valence-electron chi connectivity index (χ3n) is 3.18. The molecule has 0 aromatic rings. The van der Waals surface area contributed by atoms with Crippen molar-refractivity contribution in [2.24, 2.45) is 0 Å². The number of ketones is 1. The van der Waals surface area contributed by atoms with Crippen molar-refractivity contribution in [1.29, 1.82) is 0 Å². The van der Waals surface area contributed by atoms with Crippen LogP contribution in [0.25, 0.3) is 0 Å². The summed E-state index contributed by atoms with van der Waals surface area (Å²) in [5, 5.41) is 5.88. The number of hydrogen-bond donors (Lipinski definition) is 2. The highest BCUT2D eigenvalue weighted by Crippen LogP contribution is 1.96. The zero-order valence-corrected chi connectivity index (χ0v) is 19.2. The molecule has 7 heteroatoms. The number of rotatable bonds is 18. The van der Waals surface area contributed by atoms with Gasteiger partial charge in [0.05, 0.1) is 26.4 Å². The smallest absolute Gasteiger partial charge is 0.220 e. The van der Waals surface area contributed by atoms with Crippen LogP contribution >= 0.6 is 0 Å². The summed E-state index contributed by atoms with van der Waals surface area (Å²) >= 11 is 0. The van der Waals surface area contributed by atoms with Crippen LogP contribution in [0.2, 0.25) is 0 Å². The predicted octanol–water partition coefficient (Wildman–Crippen LogP) is 2.96. The van der Waals surface area contributed by atoms with E-state index in [1.165, 1.54) is 6.92 Å². The first-order chi connectivity index (χ1) is 13.7. The maximum atomic E-state index is 11.4. The maximum Gasteiger partial charge on any atom is 0.220 e. The van der Waals surface area contributed by atoms with Gasteiger partial charge in [-0.3, -0.25) is 4.79 Å². The molecular weight excluding hydrogens is 360 g/mol. The van der Waals surface area contributed by atoms with Crippen molar-refractivity contribution in [2.75, 3.05) is 59.8 Å². The number of ether oxygens (including phenoxy) is 3. The second-order valence-corrected chi connectivity index (χ2v) is 5.55. The van der Waals surface area contributed by atoms with Crippen LogP contribution in [0.3, 0.4) is 0 Å². The average Bonchev–Trinajstić information content (AvgIpc) is 2.71. The van der Waals surface area contributed by atoms with Crippen LogP contribution in [0.5, 0.6) is 0 Å². The molecule has 0 aromatic carbocycles. The Kier molecular flexibility index (Phi) is 34.7. The highest BCUT2D eigenvalue weighted by Gasteiger charge is 2.01. The van der Waals surface area contributed by atoms with E-state index < -0.39 is 0 Å². The Balaban J connectivity index is -0.00000146. The molecule has 0 atom stereocenters. The van der Waals surface area contributed by atoms with Crippen LogP contribution < -0.4 is 10.6 Å². The highest BCUT2D eigenvalue weighted by atomic mass is 16.5. The van der Waals surface area contributed by atoms with Gasteiger partial charge in [-0.25, -0.2) is 0 Å². The lowest BCUT2D eigenvalue weighted by Crippen LogP contribution is -2.25. The van der Waals surface area contributed by atoms with E-state index in [0.717, 1.165) is 26.0 Å². The Morgan fingerprint density at radius 1 is 0.679 bits per heavy atom. The van der Waals surface area contributed by atoms with Crippen molar-refractivity contribution in [1.82, 2.24) is 10.6 Å². The Labute approximate surface area is 173 Å². The number of hydrogen-bond acceptors (Lipinski definition) is 6. The minimum absolute atomic E-state index is 0.00528. The second kappa shape index (κ2) is 30.7. The summed E-state index contributed by atoms with van der Waals surface area (Å²) in [6.07, 6.45) is 3.27. The van der Waals surface area contributed by atoms with Crippen LogP contribution in [-0.4, -0.2) is 71.5 Å². The predicted molar refractivity (Wildman–Crippen MR) is 116 cm³/mol. The van der Waals surface area contributed by atoms with Crippen molar-refractivity contribution >= 4 is 11.7 Å². The first-order valence-corrected chi connectivity index (χ1v) is 10.8. The lowest BCUT2D eigenvalue weighted by molar-refractivity contribution is -0.121. The standard InChI is InChI=1S/C17H34N2O5.2C2H6/c1-16(20)6-3-7-17(21)19-9-5-11-23-13-15-24-14-12-22-10-4-8-18-2;2*1-2/h18H,3-15H2,1-2H3,(H,19,21);2*1-2H3. The number of carbonyl (C=O) groups is 2. The fourth-order valence-electron chi connectivity index (χ4n) is 1.88. The van der Waals surface area contributed by atoms with Crippen molar-refractivity contribution in [3.8, 4) is 0 Å². The summed E-state index contributed by atoms with van der Waals surface area (Å²) in [7, 11) is 1.92. The third kappa shape index (κ3) is 32.6. The van der Waals surface area contributed by atoms with E-state index in [-0.39, 0.29) is 11.7 Å². The van der Waals surface area contributed by atoms with Gasteiger partial charge in [0, 0.05) is 32.6 Å². The van der Waals surface area contributed by atoms with Crippen LogP contribution in [0.1, 0.15) is 66.7 Å². The molecule has 0 aliphatic carbocycles. The zero-order valence-electron chi connectivity index (χ0n) is 19.2. The fraction of sp³-hybridized carbons (Fsp3) is 0.905. The van der Waals surface area contributed by atoms with Crippen LogP contribution in [0.15, 0.2) is 0 Å². The molecule has 0 saturated carbocycles. The molecule has 0 aromatic heterocycles. The molecule has 1 amide bonds. The number of amides is 1. The van der Waals surface area contributed by atoms with Crippen LogP contribution in [0.4, 0.5) is 0 Å². The largest absolute Gasteiger partial charge is 0.379 e. The van der Waals surface area contributed by atoms with Gasteiger partial charge in [0.2, 0.25) is 5.91 Å². The summed E-state index contributed by atoms with van der Waals surface area (Å²) < 4.78 is 16.2. The molecule has 0 aliphatic heterocycles. The highest BCUT2D eigenvalue weighted by molar-refractivity contribution is 5.78. The van der Waals surface area contributed by atoms with Crippen LogP contribution in [-0.2, 0) is 23.8 Å². The normalized spacial score (nSPS) is 9.64. The molecule has 0 aliphatic rings. The van der Waals surface area contributed by atoms with E-state index in [1.807, 2.05) is 34.7 Å². The van der Waals surface area contributed by atoms with Gasteiger partial charge in [0.15, 0.2) is 0 Å². The summed E-state index contributed by atoms with van der Waals surface area (Å²) in [5.74, 6) is 0.119. The maximum absolute atomic E-state index is 11.4. The molecule has 0 radical (unpaired) electrons. The van der Waals surface area contributed by atoms with Gasteiger partial charge in [0.25, 0.3) is 0 Å².